The van der Waals surface area contributed by atoms with Crippen molar-refractivity contribution in [2.45, 2.75) is 52.5 Å². The maximum absolute atomic E-state index is 13.0. The molecule has 1 aliphatic heterocycles. The predicted molar refractivity (Wildman–Crippen MR) is 105 cm³/mol. The van der Waals surface area contributed by atoms with Gasteiger partial charge < -0.3 is 10.2 Å². The number of nitrogens with one attached hydrogen (secondary N) is 1. The van der Waals surface area contributed by atoms with Crippen LogP contribution in [0.25, 0.3) is 0 Å². The van der Waals surface area contributed by atoms with E-state index in [4.69, 9.17) is 11.6 Å². The van der Waals surface area contributed by atoms with Crippen LogP contribution in [0.1, 0.15) is 54.5 Å². The second kappa shape index (κ2) is 8.04. The molecule has 1 aromatic carbocycles. The molecule has 1 aromatic heterocycles. The largest absolute Gasteiger partial charge is 0.340 e. The highest BCUT2D eigenvalue weighted by Gasteiger charge is 2.27. The van der Waals surface area contributed by atoms with E-state index < -0.39 is 0 Å². The minimum Gasteiger partial charge on any atom is -0.340 e. The van der Waals surface area contributed by atoms with Gasteiger partial charge in [0, 0.05) is 29.4 Å². The number of aromatic nitrogens is 2. The number of nitrogens with zero attached hydrogens (tertiary/aromatic N) is 3. The zero-order chi connectivity index (χ0) is 18.7. The molecule has 1 amide bonds. The first-order chi connectivity index (χ1) is 12.5. The highest BCUT2D eigenvalue weighted by Crippen LogP contribution is 2.24. The zero-order valence-electron chi connectivity index (χ0n) is 15.6. The molecule has 0 spiro atoms. The van der Waals surface area contributed by atoms with Gasteiger partial charge in [-0.15, -0.1) is 0 Å². The van der Waals surface area contributed by atoms with Crippen LogP contribution in [0.15, 0.2) is 24.3 Å². The van der Waals surface area contributed by atoms with Crippen molar-refractivity contribution in [3.8, 4) is 0 Å². The number of rotatable bonds is 4. The van der Waals surface area contributed by atoms with Crippen LogP contribution in [0, 0.1) is 13.8 Å². The van der Waals surface area contributed by atoms with Crippen molar-refractivity contribution in [2.24, 2.45) is 0 Å². The molecule has 2 aromatic rings. The van der Waals surface area contributed by atoms with Crippen molar-refractivity contribution in [3.05, 3.63) is 46.4 Å². The first kappa shape index (κ1) is 18.6. The average Bonchev–Trinajstić information content (AvgIpc) is 2.63. The lowest BCUT2D eigenvalue weighted by Gasteiger charge is -2.35. The molecule has 6 heteroatoms. The van der Waals surface area contributed by atoms with E-state index in [2.05, 4.69) is 22.2 Å². The Morgan fingerprint density at radius 3 is 2.81 bits per heavy atom. The second-order valence-electron chi connectivity index (χ2n) is 6.83. The lowest BCUT2D eigenvalue weighted by Crippen LogP contribution is -2.43. The second-order valence-corrected chi connectivity index (χ2v) is 7.24. The summed E-state index contributed by atoms with van der Waals surface area (Å²) in [5, 5.41) is 3.92. The Morgan fingerprint density at radius 1 is 1.27 bits per heavy atom. The molecule has 0 aliphatic carbocycles. The van der Waals surface area contributed by atoms with Gasteiger partial charge in [0.2, 0.25) is 0 Å². The summed E-state index contributed by atoms with van der Waals surface area (Å²) in [4.78, 5) is 23.8. The third-order valence-corrected chi connectivity index (χ3v) is 5.27. The molecule has 1 aliphatic rings. The summed E-state index contributed by atoms with van der Waals surface area (Å²) in [7, 11) is 0. The highest BCUT2D eigenvalue weighted by atomic mass is 35.5. The number of benzene rings is 1. The molecule has 5 nitrogen and oxygen atoms in total. The Balaban J connectivity index is 1.84. The maximum atomic E-state index is 13.0. The van der Waals surface area contributed by atoms with Gasteiger partial charge in [-0.05, 0) is 57.2 Å². The van der Waals surface area contributed by atoms with Crippen LogP contribution in [0.5, 0.6) is 0 Å². The molecule has 0 bridgehead atoms. The minimum atomic E-state index is -0.00737. The first-order valence-electron chi connectivity index (χ1n) is 9.17. The van der Waals surface area contributed by atoms with Gasteiger partial charge in [0.05, 0.1) is 0 Å². The molecule has 3 rings (SSSR count). The summed E-state index contributed by atoms with van der Waals surface area (Å²) in [6.07, 6.45) is 4.29. The van der Waals surface area contributed by atoms with Crippen molar-refractivity contribution >= 4 is 29.0 Å². The molecule has 2 heterocycles. The number of halogens is 1. The van der Waals surface area contributed by atoms with Crippen molar-refractivity contribution in [1.29, 1.82) is 0 Å². The standard InChI is InChI=1S/C20H25ClN4O/c1-4-16-7-5-6-10-25(16)20(26)18-12-19(23-14(3)22-18)24-15-9-8-13(2)17(21)11-15/h8-9,11-12,16H,4-7,10H2,1-3H3,(H,22,23,24). The topological polar surface area (TPSA) is 58.1 Å². The molecule has 1 atom stereocenters. The van der Waals surface area contributed by atoms with E-state index >= 15 is 0 Å². The number of amides is 1. The van der Waals surface area contributed by atoms with Gasteiger partial charge in [-0.2, -0.15) is 0 Å². The molecule has 138 valence electrons. The van der Waals surface area contributed by atoms with E-state index in [0.717, 1.165) is 37.1 Å². The monoisotopic (exact) mass is 372 g/mol. The van der Waals surface area contributed by atoms with E-state index in [0.29, 0.717) is 28.4 Å². The number of carbonyl (C=O) groups excluding carboxylic acids is 1. The van der Waals surface area contributed by atoms with Crippen LogP contribution in [-0.4, -0.2) is 33.4 Å². The van der Waals surface area contributed by atoms with Crippen molar-refractivity contribution in [1.82, 2.24) is 14.9 Å². The van der Waals surface area contributed by atoms with Gasteiger partial charge >= 0.3 is 0 Å². The SMILES string of the molecule is CCC1CCCCN1C(=O)c1cc(Nc2ccc(C)c(Cl)c2)nc(C)n1. The predicted octanol–water partition coefficient (Wildman–Crippen LogP) is 4.90. The normalized spacial score (nSPS) is 17.2. The summed E-state index contributed by atoms with van der Waals surface area (Å²) in [6, 6.07) is 7.78. The summed E-state index contributed by atoms with van der Waals surface area (Å²) >= 11 is 6.19. The lowest BCUT2D eigenvalue weighted by molar-refractivity contribution is 0.0601. The fraction of sp³-hybridized carbons (Fsp3) is 0.450. The summed E-state index contributed by atoms with van der Waals surface area (Å²) in [5.74, 6) is 1.17. The van der Waals surface area contributed by atoms with Crippen LogP contribution in [-0.2, 0) is 0 Å². The quantitative estimate of drug-likeness (QED) is 0.829. The van der Waals surface area contributed by atoms with Crippen LogP contribution >= 0.6 is 11.6 Å². The van der Waals surface area contributed by atoms with Crippen LogP contribution < -0.4 is 5.32 Å². The van der Waals surface area contributed by atoms with Crippen LogP contribution in [0.3, 0.4) is 0 Å². The summed E-state index contributed by atoms with van der Waals surface area (Å²) < 4.78 is 0. The molecule has 1 N–H and O–H groups in total. The van der Waals surface area contributed by atoms with Crippen molar-refractivity contribution in [2.75, 3.05) is 11.9 Å². The summed E-state index contributed by atoms with van der Waals surface area (Å²) in [5.41, 5.74) is 2.29. The summed E-state index contributed by atoms with van der Waals surface area (Å²) in [6.45, 7) is 6.70. The van der Waals surface area contributed by atoms with Gasteiger partial charge in [-0.25, -0.2) is 9.97 Å². The van der Waals surface area contributed by atoms with Gasteiger partial charge in [0.15, 0.2) is 0 Å². The molecule has 1 saturated heterocycles. The zero-order valence-corrected chi connectivity index (χ0v) is 16.3. The van der Waals surface area contributed by atoms with E-state index in [1.54, 1.807) is 13.0 Å². The van der Waals surface area contributed by atoms with E-state index in [1.165, 1.54) is 6.42 Å². The Hall–Kier alpha value is -2.14. The number of carbonyl (C=O) groups is 1. The molecule has 1 unspecified atom stereocenters. The Bertz CT molecular complexity index is 808. The van der Waals surface area contributed by atoms with Crippen molar-refractivity contribution < 1.29 is 4.79 Å². The molecule has 26 heavy (non-hydrogen) atoms. The molecular formula is C20H25ClN4O. The van der Waals surface area contributed by atoms with Gasteiger partial charge in [0.25, 0.3) is 5.91 Å². The van der Waals surface area contributed by atoms with Gasteiger partial charge in [-0.1, -0.05) is 24.6 Å². The van der Waals surface area contributed by atoms with Crippen LogP contribution in [0.4, 0.5) is 11.5 Å². The number of aryl methyl sites for hydroxylation is 2. The Kier molecular flexibility index (Phi) is 5.77. The Morgan fingerprint density at radius 2 is 2.08 bits per heavy atom. The first-order valence-corrected chi connectivity index (χ1v) is 9.55. The van der Waals surface area contributed by atoms with E-state index in [1.807, 2.05) is 30.0 Å². The highest BCUT2D eigenvalue weighted by molar-refractivity contribution is 6.31. The fourth-order valence-corrected chi connectivity index (χ4v) is 3.58. The molecule has 1 fully saturated rings. The third kappa shape index (κ3) is 4.15. The molecular weight excluding hydrogens is 348 g/mol. The third-order valence-electron chi connectivity index (χ3n) is 4.86. The van der Waals surface area contributed by atoms with Gasteiger partial charge in [-0.3, -0.25) is 4.79 Å². The maximum Gasteiger partial charge on any atom is 0.272 e. The van der Waals surface area contributed by atoms with Crippen molar-refractivity contribution in [3.63, 3.8) is 0 Å². The Labute approximate surface area is 159 Å². The number of piperidine rings is 1. The number of likely N-dealkylation sites (tertiary alicyclic amines) is 1. The number of anilines is 2. The number of hydrogen-bond donors (Lipinski definition) is 1. The van der Waals surface area contributed by atoms with E-state index in [9.17, 15) is 4.79 Å². The lowest BCUT2D eigenvalue weighted by atomic mass is 9.99. The molecule has 0 saturated carbocycles. The van der Waals surface area contributed by atoms with Gasteiger partial charge in [0.1, 0.15) is 17.3 Å². The fourth-order valence-electron chi connectivity index (χ4n) is 3.40. The van der Waals surface area contributed by atoms with E-state index in [-0.39, 0.29) is 5.91 Å². The number of hydrogen-bond acceptors (Lipinski definition) is 4. The van der Waals surface area contributed by atoms with Crippen LogP contribution in [0.2, 0.25) is 5.02 Å². The average molecular weight is 373 g/mol. The smallest absolute Gasteiger partial charge is 0.272 e. The minimum absolute atomic E-state index is 0.00737. The molecule has 0 radical (unpaired) electrons.